The molecule has 61 heavy (non-hydrogen) atoms. The largest absolute Gasteiger partial charge is 0.507 e. The van der Waals surface area contributed by atoms with E-state index in [-0.39, 0.29) is 49.7 Å². The van der Waals surface area contributed by atoms with E-state index >= 15 is 0 Å². The van der Waals surface area contributed by atoms with Gasteiger partial charge < -0.3 is 40.4 Å². The van der Waals surface area contributed by atoms with Crippen LogP contribution in [0.5, 0.6) is 23.0 Å². The molecule has 1 atom stereocenters. The molecule has 8 bridgehead atoms. The Kier molecular flexibility index (Phi) is 15.3. The average Bonchev–Trinajstić information content (AvgIpc) is 3.25. The lowest BCUT2D eigenvalue weighted by atomic mass is 9.90. The highest BCUT2D eigenvalue weighted by molar-refractivity contribution is 5.97. The first kappa shape index (κ1) is 44.1. The number of carbonyl (C=O) groups excluding carboxylic acids is 3. The predicted octanol–water partition coefficient (Wildman–Crippen LogP) is 9.14. The first-order valence-corrected chi connectivity index (χ1v) is 21.3. The summed E-state index contributed by atoms with van der Waals surface area (Å²) in [5.41, 5.74) is 7.17. The van der Waals surface area contributed by atoms with E-state index in [1.54, 1.807) is 31.2 Å². The lowest BCUT2D eigenvalue weighted by molar-refractivity contribution is -0.117. The van der Waals surface area contributed by atoms with E-state index in [1.807, 2.05) is 80.6 Å². The van der Waals surface area contributed by atoms with E-state index < -0.39 is 18.0 Å². The molecule has 320 valence electrons. The summed E-state index contributed by atoms with van der Waals surface area (Å²) in [4.78, 5) is 39.8. The number of benzene rings is 5. The van der Waals surface area contributed by atoms with Crippen LogP contribution >= 0.6 is 0 Å². The zero-order chi connectivity index (χ0) is 43.3. The number of alkyl carbamates (subject to hydrolysis) is 1. The van der Waals surface area contributed by atoms with Gasteiger partial charge in [0.25, 0.3) is 5.91 Å². The molecule has 5 aromatic rings. The summed E-state index contributed by atoms with van der Waals surface area (Å²) in [6.07, 6.45) is 3.60. The Morgan fingerprint density at radius 3 is 1.61 bits per heavy atom. The first-order chi connectivity index (χ1) is 29.6. The summed E-state index contributed by atoms with van der Waals surface area (Å²) < 4.78 is 18.2. The molecule has 11 nitrogen and oxygen atoms in total. The third-order valence-electron chi connectivity index (χ3n) is 10.6. The number of phenols is 2. The summed E-state index contributed by atoms with van der Waals surface area (Å²) >= 11 is 0. The predicted molar refractivity (Wildman–Crippen MR) is 237 cm³/mol. The Balaban J connectivity index is 1.42. The van der Waals surface area contributed by atoms with Crippen LogP contribution in [0.4, 0.5) is 10.5 Å². The van der Waals surface area contributed by atoms with Crippen molar-refractivity contribution in [3.8, 4) is 23.0 Å². The second-order valence-electron chi connectivity index (χ2n) is 15.5. The normalized spacial score (nSPS) is 12.5. The zero-order valence-electron chi connectivity index (χ0n) is 35.6. The third kappa shape index (κ3) is 11.4. The minimum atomic E-state index is -0.942. The van der Waals surface area contributed by atoms with Crippen molar-refractivity contribution < 1.29 is 38.8 Å². The summed E-state index contributed by atoms with van der Waals surface area (Å²) in [6, 6.07) is 26.9. The van der Waals surface area contributed by atoms with Crippen LogP contribution < -0.4 is 25.4 Å². The number of hydrogen-bond donors (Lipinski definition) is 5. The van der Waals surface area contributed by atoms with Gasteiger partial charge in [-0.3, -0.25) is 9.59 Å². The maximum atomic E-state index is 13.6. The van der Waals surface area contributed by atoms with Gasteiger partial charge in [0.05, 0.1) is 13.2 Å². The van der Waals surface area contributed by atoms with Crippen molar-refractivity contribution in [1.29, 1.82) is 0 Å². The van der Waals surface area contributed by atoms with E-state index in [0.29, 0.717) is 64.8 Å². The Labute approximate surface area is 358 Å². The van der Waals surface area contributed by atoms with Crippen LogP contribution in [0.25, 0.3) is 0 Å². The Morgan fingerprint density at radius 2 is 1.13 bits per heavy atom. The number of para-hydroxylation sites is 2. The average molecular weight is 828 g/mol. The number of carbonyl (C=O) groups is 3. The van der Waals surface area contributed by atoms with E-state index in [1.165, 1.54) is 0 Å². The van der Waals surface area contributed by atoms with Crippen LogP contribution in [-0.4, -0.2) is 53.9 Å². The van der Waals surface area contributed by atoms with Crippen molar-refractivity contribution in [3.05, 3.63) is 147 Å². The van der Waals surface area contributed by atoms with Crippen molar-refractivity contribution >= 4 is 23.6 Å². The maximum Gasteiger partial charge on any atom is 0.408 e. The summed E-state index contributed by atoms with van der Waals surface area (Å²) in [7, 11) is 0. The number of fused-ring (bicyclic) bond motifs is 8. The summed E-state index contributed by atoms with van der Waals surface area (Å²) in [6.45, 7) is 9.17. The first-order valence-electron chi connectivity index (χ1n) is 21.3. The highest BCUT2D eigenvalue weighted by Gasteiger charge is 2.24. The highest BCUT2D eigenvalue weighted by Crippen LogP contribution is 2.39. The molecule has 1 aliphatic rings. The third-order valence-corrected chi connectivity index (χ3v) is 10.6. The second-order valence-corrected chi connectivity index (χ2v) is 15.5. The van der Waals surface area contributed by atoms with Gasteiger partial charge in [-0.15, -0.1) is 0 Å². The SMILES string of the molecule is CCCCNC(=O)c1cc2c(O)c(c1)Cc1cccc(c1OCCC)Cc1cc(NC(=O)[C@H](C)NC(=O)OCc3ccccc3)cc(c1O)Cc1cccc(c1OCCC)C2. The number of amides is 3. The van der Waals surface area contributed by atoms with Crippen LogP contribution in [0.1, 0.15) is 114 Å². The number of nitrogens with one attached hydrogen (secondary N) is 3. The van der Waals surface area contributed by atoms with Crippen LogP contribution in [0, 0.1) is 0 Å². The molecule has 0 saturated carbocycles. The van der Waals surface area contributed by atoms with Gasteiger partial charge in [-0.2, -0.15) is 0 Å². The molecular weight excluding hydrogens is 771 g/mol. The van der Waals surface area contributed by atoms with Gasteiger partial charge in [-0.25, -0.2) is 4.79 Å². The van der Waals surface area contributed by atoms with E-state index in [2.05, 4.69) is 22.9 Å². The molecule has 0 aromatic heterocycles. The van der Waals surface area contributed by atoms with Crippen LogP contribution in [0.3, 0.4) is 0 Å². The standard InChI is InChI=1S/C50H57N3O8/c1-5-8-20-51-49(57)42-27-38-23-34-16-12-18-36(46(34)59-21-6-2)25-40-29-43(53-48(56)32(4)52-50(58)61-31-33-14-10-9-11-15-33)30-41(45(40)55)26-37-19-13-17-35(47(37)60-22-7-3)24-39(28-42)44(38)54/h9-19,27-30,32,54-55H,5-8,20-26,31H2,1-4H3,(H,51,57)(H,52,58)(H,53,56)/t32-/m0/s1. The number of phenolic OH excluding ortho intramolecular Hbond substituents is 2. The molecule has 3 amide bonds. The monoisotopic (exact) mass is 827 g/mol. The van der Waals surface area contributed by atoms with E-state index in [9.17, 15) is 24.6 Å². The lowest BCUT2D eigenvalue weighted by Crippen LogP contribution is -2.41. The fourth-order valence-electron chi connectivity index (χ4n) is 7.43. The zero-order valence-corrected chi connectivity index (χ0v) is 35.6. The number of ether oxygens (including phenoxy) is 3. The fourth-order valence-corrected chi connectivity index (χ4v) is 7.43. The van der Waals surface area contributed by atoms with Gasteiger partial charge in [-0.05, 0) is 89.4 Å². The molecule has 5 aromatic carbocycles. The number of aromatic hydroxyl groups is 2. The van der Waals surface area contributed by atoms with Crippen molar-refractivity contribution in [1.82, 2.24) is 10.6 Å². The molecule has 0 aliphatic heterocycles. The van der Waals surface area contributed by atoms with E-state index in [4.69, 9.17) is 14.2 Å². The molecule has 0 unspecified atom stereocenters. The Hall–Kier alpha value is -6.49. The molecule has 0 fully saturated rings. The van der Waals surface area contributed by atoms with Gasteiger partial charge in [0, 0.05) is 54.6 Å². The quantitative estimate of drug-likeness (QED) is 0.0507. The molecule has 11 heteroatoms. The minimum absolute atomic E-state index is 0.0619. The van der Waals surface area contributed by atoms with Crippen LogP contribution in [-0.2, 0) is 41.8 Å². The van der Waals surface area contributed by atoms with E-state index in [0.717, 1.165) is 53.5 Å². The van der Waals surface area contributed by atoms with Crippen molar-refractivity contribution in [3.63, 3.8) is 0 Å². The molecule has 0 saturated heterocycles. The summed E-state index contributed by atoms with van der Waals surface area (Å²) in [5.74, 6) is 0.746. The Morgan fingerprint density at radius 1 is 0.639 bits per heavy atom. The maximum absolute atomic E-state index is 13.6. The second kappa shape index (κ2) is 21.2. The molecule has 5 N–H and O–H groups in total. The number of rotatable bonds is 15. The number of hydrogen-bond acceptors (Lipinski definition) is 8. The van der Waals surface area contributed by atoms with Crippen molar-refractivity contribution in [2.75, 3.05) is 25.1 Å². The number of anilines is 1. The smallest absolute Gasteiger partial charge is 0.408 e. The van der Waals surface area contributed by atoms with Gasteiger partial charge in [-0.1, -0.05) is 93.9 Å². The summed E-state index contributed by atoms with van der Waals surface area (Å²) in [5, 5.41) is 32.6. The Bertz CT molecular complexity index is 2220. The van der Waals surface area contributed by atoms with Gasteiger partial charge in [0.1, 0.15) is 35.6 Å². The van der Waals surface area contributed by atoms with Crippen molar-refractivity contribution in [2.45, 2.75) is 91.7 Å². The van der Waals surface area contributed by atoms with Crippen LogP contribution in [0.2, 0.25) is 0 Å². The highest BCUT2D eigenvalue weighted by atomic mass is 16.5. The molecule has 0 heterocycles. The lowest BCUT2D eigenvalue weighted by Gasteiger charge is -2.22. The van der Waals surface area contributed by atoms with Gasteiger partial charge >= 0.3 is 6.09 Å². The molecule has 0 radical (unpaired) electrons. The number of unbranched alkanes of at least 4 members (excludes halogenated alkanes) is 1. The molecule has 1 aliphatic carbocycles. The molecular formula is C50H57N3O8. The van der Waals surface area contributed by atoms with Crippen LogP contribution in [0.15, 0.2) is 91.0 Å². The topological polar surface area (TPSA) is 155 Å². The molecule has 0 spiro atoms. The van der Waals surface area contributed by atoms with Gasteiger partial charge in [0.15, 0.2) is 0 Å². The fraction of sp³-hybridized carbons (Fsp3) is 0.340. The van der Waals surface area contributed by atoms with Gasteiger partial charge in [0.2, 0.25) is 5.91 Å². The minimum Gasteiger partial charge on any atom is -0.507 e. The molecule has 6 rings (SSSR count). The van der Waals surface area contributed by atoms with Crippen molar-refractivity contribution in [2.24, 2.45) is 0 Å².